The van der Waals surface area contributed by atoms with Crippen molar-refractivity contribution in [3.8, 4) is 16.2 Å². The monoisotopic (exact) mass is 732 g/mol. The molecule has 1 fully saturated rings. The lowest BCUT2D eigenvalue weighted by Crippen LogP contribution is -2.55. The first-order valence-corrected chi connectivity index (χ1v) is 19.5. The zero-order valence-corrected chi connectivity index (χ0v) is 31.3. The number of aliphatic hydroxyl groups is 1. The van der Waals surface area contributed by atoms with E-state index in [0.29, 0.717) is 24.5 Å². The highest BCUT2D eigenvalue weighted by Gasteiger charge is 2.45. The number of carbonyl (C=O) groups is 4. The molecular formula is C40H52N4O7S. The Labute approximate surface area is 310 Å². The second-order valence-electron chi connectivity index (χ2n) is 14.3. The Bertz CT molecular complexity index is 1710. The fourth-order valence-electron chi connectivity index (χ4n) is 7.23. The first-order chi connectivity index (χ1) is 25.0. The molecule has 12 heteroatoms. The zero-order valence-electron chi connectivity index (χ0n) is 30.5. The minimum atomic E-state index is -0.871. The molecule has 0 radical (unpaired) electrons. The number of carboxylic acid groups (broad SMARTS) is 1. The number of aromatic nitrogens is 1. The Morgan fingerprint density at radius 3 is 2.40 bits per heavy atom. The third-order valence-electron chi connectivity index (χ3n) is 10.0. The van der Waals surface area contributed by atoms with E-state index in [4.69, 9.17) is 9.84 Å². The van der Waals surface area contributed by atoms with E-state index in [1.54, 1.807) is 22.3 Å². The summed E-state index contributed by atoms with van der Waals surface area (Å²) in [5.74, 6) is -1.15. The molecule has 52 heavy (non-hydrogen) atoms. The smallest absolute Gasteiger partial charge is 0.303 e. The molecule has 1 saturated heterocycles. The number of thiazole rings is 1. The molecule has 2 aliphatic heterocycles. The van der Waals surface area contributed by atoms with E-state index in [-0.39, 0.29) is 49.6 Å². The number of likely N-dealkylation sites (tertiary alicyclic amines) is 1. The molecule has 0 spiro atoms. The molecule has 2 aliphatic rings. The van der Waals surface area contributed by atoms with Gasteiger partial charge in [0.1, 0.15) is 17.8 Å². The maximum Gasteiger partial charge on any atom is 0.303 e. The van der Waals surface area contributed by atoms with Gasteiger partial charge in [-0.2, -0.15) is 0 Å². The molecule has 0 bridgehead atoms. The minimum absolute atomic E-state index is 0.0249. The summed E-state index contributed by atoms with van der Waals surface area (Å²) in [6, 6.07) is 11.7. The normalized spacial score (nSPS) is 17.4. The van der Waals surface area contributed by atoms with Crippen molar-refractivity contribution in [2.45, 2.75) is 116 Å². The van der Waals surface area contributed by atoms with Gasteiger partial charge in [-0.3, -0.25) is 19.2 Å². The van der Waals surface area contributed by atoms with E-state index in [9.17, 15) is 24.3 Å². The lowest BCUT2D eigenvalue weighted by atomic mass is 10.0. The predicted molar refractivity (Wildman–Crippen MR) is 200 cm³/mol. The van der Waals surface area contributed by atoms with Crippen LogP contribution in [-0.4, -0.2) is 80.0 Å². The van der Waals surface area contributed by atoms with Gasteiger partial charge in [0.05, 0.1) is 28.8 Å². The number of nitrogens with one attached hydrogen (secondary N) is 1. The number of benzene rings is 2. The Morgan fingerprint density at radius 1 is 1.02 bits per heavy atom. The quantitative estimate of drug-likeness (QED) is 0.121. The number of carboxylic acids is 1. The SMILES string of the molecule is Cc1ncsc1-c1ccc(CNC(=O)[C@@H]2C[C@@H](O)CN2C(=O)[C@H](C(C)C)N2Cc3ccccc3C2=O)c(OCCCCCCCCCCC(=O)O)c1. The zero-order chi connectivity index (χ0) is 37.2. The largest absolute Gasteiger partial charge is 0.493 e. The number of hydrogen-bond donors (Lipinski definition) is 3. The van der Waals surface area contributed by atoms with Crippen molar-refractivity contribution in [2.75, 3.05) is 13.2 Å². The van der Waals surface area contributed by atoms with Crippen LogP contribution in [0.15, 0.2) is 48.0 Å². The van der Waals surface area contributed by atoms with Crippen LogP contribution in [-0.2, 0) is 27.5 Å². The van der Waals surface area contributed by atoms with Crippen molar-refractivity contribution in [1.29, 1.82) is 0 Å². The summed E-state index contributed by atoms with van der Waals surface area (Å²) in [7, 11) is 0. The number of unbranched alkanes of at least 4 members (excludes halogenated alkanes) is 7. The molecule has 1 aromatic heterocycles. The van der Waals surface area contributed by atoms with Crippen molar-refractivity contribution >= 4 is 35.0 Å². The number of aliphatic hydroxyl groups excluding tert-OH is 1. The van der Waals surface area contributed by atoms with Gasteiger partial charge in [0.2, 0.25) is 11.8 Å². The van der Waals surface area contributed by atoms with Crippen LogP contribution in [0.1, 0.15) is 105 Å². The summed E-state index contributed by atoms with van der Waals surface area (Å²) >= 11 is 1.56. The van der Waals surface area contributed by atoms with Gasteiger partial charge in [-0.15, -0.1) is 11.3 Å². The van der Waals surface area contributed by atoms with Gasteiger partial charge in [-0.25, -0.2) is 4.98 Å². The van der Waals surface area contributed by atoms with Gasteiger partial charge >= 0.3 is 5.97 Å². The highest BCUT2D eigenvalue weighted by Crippen LogP contribution is 2.33. The molecule has 5 rings (SSSR count). The molecule has 3 amide bonds. The van der Waals surface area contributed by atoms with Gasteiger partial charge in [-0.05, 0) is 48.9 Å². The molecule has 2 aromatic carbocycles. The first-order valence-electron chi connectivity index (χ1n) is 18.6. The number of fused-ring (bicyclic) bond motifs is 1. The van der Waals surface area contributed by atoms with Crippen molar-refractivity contribution < 1.29 is 34.1 Å². The summed E-state index contributed by atoms with van der Waals surface area (Å²) in [6.45, 7) is 6.82. The van der Waals surface area contributed by atoms with E-state index in [0.717, 1.165) is 78.6 Å². The van der Waals surface area contributed by atoms with E-state index in [1.807, 2.05) is 62.7 Å². The Hall–Kier alpha value is -4.29. The van der Waals surface area contributed by atoms with Gasteiger partial charge in [0.15, 0.2) is 0 Å². The van der Waals surface area contributed by atoms with Gasteiger partial charge in [0.25, 0.3) is 5.91 Å². The van der Waals surface area contributed by atoms with E-state index < -0.39 is 24.2 Å². The second-order valence-corrected chi connectivity index (χ2v) is 15.2. The molecule has 3 atom stereocenters. The van der Waals surface area contributed by atoms with Crippen LogP contribution in [0.3, 0.4) is 0 Å². The molecule has 3 N–H and O–H groups in total. The van der Waals surface area contributed by atoms with Crippen molar-refractivity contribution in [3.63, 3.8) is 0 Å². The summed E-state index contributed by atoms with van der Waals surface area (Å²) in [5.41, 5.74) is 6.01. The summed E-state index contributed by atoms with van der Waals surface area (Å²) < 4.78 is 6.32. The Morgan fingerprint density at radius 2 is 1.73 bits per heavy atom. The Balaban J connectivity index is 1.20. The number of β-amino-alcohol motifs (C(OH)–C–C–N with tert-alkyl or cyclic N) is 1. The summed E-state index contributed by atoms with van der Waals surface area (Å²) in [4.78, 5) is 60.4. The second kappa shape index (κ2) is 18.5. The Kier molecular flexibility index (Phi) is 13.8. The summed E-state index contributed by atoms with van der Waals surface area (Å²) in [6.07, 6.45) is 7.46. The number of rotatable bonds is 19. The average molecular weight is 733 g/mol. The average Bonchev–Trinajstić information content (AvgIpc) is 3.82. The fourth-order valence-corrected chi connectivity index (χ4v) is 8.03. The maximum atomic E-state index is 14.1. The number of aryl methyl sites for hydroxylation is 1. The van der Waals surface area contributed by atoms with E-state index in [1.165, 1.54) is 4.90 Å². The maximum absolute atomic E-state index is 14.1. The predicted octanol–water partition coefficient (Wildman–Crippen LogP) is 6.35. The molecular weight excluding hydrogens is 681 g/mol. The molecule has 3 heterocycles. The third-order valence-corrected chi connectivity index (χ3v) is 11.0. The van der Waals surface area contributed by atoms with Crippen LogP contribution >= 0.6 is 11.3 Å². The highest BCUT2D eigenvalue weighted by atomic mass is 32.1. The first kappa shape index (κ1) is 38.9. The van der Waals surface area contributed by atoms with E-state index >= 15 is 0 Å². The number of aliphatic carboxylic acids is 1. The van der Waals surface area contributed by atoms with Crippen molar-refractivity contribution in [2.24, 2.45) is 5.92 Å². The number of nitrogens with zero attached hydrogens (tertiary/aromatic N) is 3. The lowest BCUT2D eigenvalue weighted by molar-refractivity contribution is -0.143. The fraction of sp³-hybridized carbons (Fsp3) is 0.525. The van der Waals surface area contributed by atoms with Crippen LogP contribution in [0.2, 0.25) is 0 Å². The number of carbonyl (C=O) groups excluding carboxylic acids is 3. The third kappa shape index (κ3) is 9.77. The molecule has 0 aliphatic carbocycles. The van der Waals surface area contributed by atoms with Crippen molar-refractivity contribution in [1.82, 2.24) is 20.1 Å². The van der Waals surface area contributed by atoms with Gasteiger partial charge < -0.3 is 30.1 Å². The van der Waals surface area contributed by atoms with Crippen molar-refractivity contribution in [3.05, 3.63) is 70.4 Å². The van der Waals surface area contributed by atoms with Gasteiger partial charge in [-0.1, -0.05) is 82.7 Å². The number of ether oxygens (including phenoxy) is 1. The van der Waals surface area contributed by atoms with Crippen LogP contribution < -0.4 is 10.1 Å². The van der Waals surface area contributed by atoms with Crippen LogP contribution in [0.4, 0.5) is 0 Å². The standard InChI is InChI=1S/C40H52N4O7S/c1-26(2)36(44-23-30-14-11-12-15-32(30)39(44)49)40(50)43-24-31(45)21-33(43)38(48)41-22-29-18-17-28(37-27(3)42-25-52-37)20-34(29)51-19-13-9-7-5-4-6-8-10-16-35(46)47/h11-12,14-15,17-18,20,25-26,31,33,36,45H,4-10,13,16,19,21-24H2,1-3H3,(H,41,48)(H,46,47)/t31-,33+,36+/m1/s1. The lowest BCUT2D eigenvalue weighted by Gasteiger charge is -2.35. The van der Waals surface area contributed by atoms with E-state index in [2.05, 4.69) is 10.3 Å². The molecule has 3 aromatic rings. The number of hydrogen-bond acceptors (Lipinski definition) is 8. The highest BCUT2D eigenvalue weighted by molar-refractivity contribution is 7.13. The number of amides is 3. The van der Waals surface area contributed by atoms with Crippen LogP contribution in [0, 0.1) is 12.8 Å². The minimum Gasteiger partial charge on any atom is -0.493 e. The summed E-state index contributed by atoms with van der Waals surface area (Å²) in [5, 5.41) is 22.4. The molecule has 0 unspecified atom stereocenters. The van der Waals surface area contributed by atoms with Crippen LogP contribution in [0.25, 0.3) is 10.4 Å². The topological polar surface area (TPSA) is 149 Å². The van der Waals surface area contributed by atoms with Gasteiger partial charge in [0, 0.05) is 43.6 Å². The molecule has 0 saturated carbocycles. The molecule has 11 nitrogen and oxygen atoms in total. The molecule has 280 valence electrons. The van der Waals surface area contributed by atoms with Crippen LogP contribution in [0.5, 0.6) is 5.75 Å².